The van der Waals surface area contributed by atoms with Gasteiger partial charge in [-0.25, -0.2) is 4.98 Å². The number of imidazole rings is 1. The zero-order valence-corrected chi connectivity index (χ0v) is 12.8. The quantitative estimate of drug-likeness (QED) is 0.796. The molecule has 3 rings (SSSR count). The molecule has 0 saturated carbocycles. The fourth-order valence-corrected chi connectivity index (χ4v) is 2.80. The third-order valence-electron chi connectivity index (χ3n) is 3.51. The molecular formula is C15H19ClN2O3. The molecule has 0 amide bonds. The molecule has 6 heteroatoms. The van der Waals surface area contributed by atoms with E-state index in [4.69, 9.17) is 25.8 Å². The van der Waals surface area contributed by atoms with Crippen molar-refractivity contribution < 1.29 is 14.2 Å². The summed E-state index contributed by atoms with van der Waals surface area (Å²) in [6.45, 7) is 5.17. The molecule has 0 bridgehead atoms. The number of halogens is 1. The van der Waals surface area contributed by atoms with Gasteiger partial charge in [0.2, 0.25) is 0 Å². The fraction of sp³-hybridized carbons (Fsp3) is 0.533. The van der Waals surface area contributed by atoms with Gasteiger partial charge in [-0.15, -0.1) is 11.6 Å². The lowest BCUT2D eigenvalue weighted by Gasteiger charge is -2.24. The predicted octanol–water partition coefficient (Wildman–Crippen LogP) is 2.59. The Kier molecular flexibility index (Phi) is 4.63. The number of ether oxygens (including phenoxy) is 3. The Bertz CT molecular complexity index is 608. The van der Waals surface area contributed by atoms with Crippen LogP contribution in [0.2, 0.25) is 0 Å². The van der Waals surface area contributed by atoms with Crippen molar-refractivity contribution in [3.63, 3.8) is 0 Å². The van der Waals surface area contributed by atoms with Crippen molar-refractivity contribution in [2.24, 2.45) is 0 Å². The molecule has 5 nitrogen and oxygen atoms in total. The number of hydrogen-bond acceptors (Lipinski definition) is 4. The first-order valence-corrected chi connectivity index (χ1v) is 7.73. The minimum Gasteiger partial charge on any atom is -0.492 e. The van der Waals surface area contributed by atoms with Gasteiger partial charge in [-0.3, -0.25) is 0 Å². The second-order valence-electron chi connectivity index (χ2n) is 4.90. The second kappa shape index (κ2) is 6.64. The van der Waals surface area contributed by atoms with Crippen molar-refractivity contribution in [3.05, 3.63) is 24.0 Å². The van der Waals surface area contributed by atoms with E-state index in [1.807, 2.05) is 25.1 Å². The zero-order chi connectivity index (χ0) is 14.7. The Morgan fingerprint density at radius 1 is 1.43 bits per heavy atom. The molecule has 1 saturated heterocycles. The highest BCUT2D eigenvalue weighted by Gasteiger charge is 2.20. The summed E-state index contributed by atoms with van der Waals surface area (Å²) < 4.78 is 18.9. The lowest BCUT2D eigenvalue weighted by atomic mass is 10.2. The average Bonchev–Trinajstić information content (AvgIpc) is 2.88. The van der Waals surface area contributed by atoms with Gasteiger partial charge in [-0.1, -0.05) is 6.07 Å². The SMILES string of the molecule is CCOc1cccc2c1nc(CCl)n2CC1COCCO1. The normalized spacial score (nSPS) is 19.0. The summed E-state index contributed by atoms with van der Waals surface area (Å²) in [5, 5.41) is 0. The van der Waals surface area contributed by atoms with E-state index in [2.05, 4.69) is 9.55 Å². The minimum absolute atomic E-state index is 0.0360. The molecule has 0 aliphatic carbocycles. The van der Waals surface area contributed by atoms with Crippen molar-refractivity contribution in [2.75, 3.05) is 26.4 Å². The first kappa shape index (κ1) is 14.6. The van der Waals surface area contributed by atoms with E-state index in [0.717, 1.165) is 22.6 Å². The maximum atomic E-state index is 6.05. The lowest BCUT2D eigenvalue weighted by Crippen LogP contribution is -2.32. The first-order chi connectivity index (χ1) is 10.3. The molecule has 1 aromatic heterocycles. The van der Waals surface area contributed by atoms with Crippen LogP contribution in [0.15, 0.2) is 18.2 Å². The fourth-order valence-electron chi connectivity index (χ4n) is 2.59. The molecule has 2 aromatic rings. The van der Waals surface area contributed by atoms with E-state index < -0.39 is 0 Å². The Labute approximate surface area is 128 Å². The van der Waals surface area contributed by atoms with Gasteiger partial charge in [0, 0.05) is 0 Å². The van der Waals surface area contributed by atoms with Gasteiger partial charge in [0.15, 0.2) is 0 Å². The molecule has 1 fully saturated rings. The van der Waals surface area contributed by atoms with Crippen LogP contribution < -0.4 is 4.74 Å². The zero-order valence-electron chi connectivity index (χ0n) is 12.0. The predicted molar refractivity (Wildman–Crippen MR) is 81.0 cm³/mol. The maximum Gasteiger partial charge on any atom is 0.147 e. The Morgan fingerprint density at radius 3 is 3.05 bits per heavy atom. The Hall–Kier alpha value is -1.30. The topological polar surface area (TPSA) is 45.5 Å². The molecular weight excluding hydrogens is 292 g/mol. The van der Waals surface area contributed by atoms with Gasteiger partial charge >= 0.3 is 0 Å². The molecule has 2 heterocycles. The number of benzene rings is 1. The molecule has 1 aromatic carbocycles. The van der Waals surface area contributed by atoms with Crippen LogP contribution in [0.3, 0.4) is 0 Å². The number of fused-ring (bicyclic) bond motifs is 1. The van der Waals surface area contributed by atoms with Crippen molar-refractivity contribution in [3.8, 4) is 5.75 Å². The van der Waals surface area contributed by atoms with Crippen LogP contribution in [0.1, 0.15) is 12.7 Å². The molecule has 1 aliphatic rings. The number of aromatic nitrogens is 2. The monoisotopic (exact) mass is 310 g/mol. The first-order valence-electron chi connectivity index (χ1n) is 7.19. The summed E-state index contributed by atoms with van der Waals surface area (Å²) in [6.07, 6.45) is 0.0360. The van der Waals surface area contributed by atoms with Gasteiger partial charge in [0.1, 0.15) is 17.1 Å². The summed E-state index contributed by atoms with van der Waals surface area (Å²) in [4.78, 5) is 4.62. The molecule has 1 atom stereocenters. The van der Waals surface area contributed by atoms with Crippen LogP contribution in [-0.2, 0) is 21.9 Å². The minimum atomic E-state index is 0.0360. The number of rotatable bonds is 5. The van der Waals surface area contributed by atoms with Crippen LogP contribution in [0.5, 0.6) is 5.75 Å². The van der Waals surface area contributed by atoms with Crippen LogP contribution in [0.25, 0.3) is 11.0 Å². The van der Waals surface area contributed by atoms with Crippen molar-refractivity contribution in [1.82, 2.24) is 9.55 Å². The second-order valence-corrected chi connectivity index (χ2v) is 5.16. The third kappa shape index (κ3) is 3.00. The van der Waals surface area contributed by atoms with Gasteiger partial charge in [-0.05, 0) is 19.1 Å². The molecule has 114 valence electrons. The molecule has 0 spiro atoms. The van der Waals surface area contributed by atoms with E-state index in [-0.39, 0.29) is 6.10 Å². The Balaban J connectivity index is 1.97. The van der Waals surface area contributed by atoms with E-state index in [1.165, 1.54) is 0 Å². The van der Waals surface area contributed by atoms with Crippen LogP contribution in [-0.4, -0.2) is 42.1 Å². The highest BCUT2D eigenvalue weighted by molar-refractivity contribution is 6.16. The van der Waals surface area contributed by atoms with E-state index in [1.54, 1.807) is 0 Å². The van der Waals surface area contributed by atoms with Crippen molar-refractivity contribution in [1.29, 1.82) is 0 Å². The summed E-state index contributed by atoms with van der Waals surface area (Å²) in [5.74, 6) is 1.97. The van der Waals surface area contributed by atoms with Gasteiger partial charge in [0.05, 0.1) is 50.5 Å². The van der Waals surface area contributed by atoms with Crippen LogP contribution in [0.4, 0.5) is 0 Å². The standard InChI is InChI=1S/C15H19ClN2O3/c1-2-20-13-5-3-4-12-15(13)17-14(8-16)18(12)9-11-10-19-6-7-21-11/h3-5,11H,2,6-10H2,1H3. The average molecular weight is 311 g/mol. The summed E-state index contributed by atoms with van der Waals surface area (Å²) in [6, 6.07) is 5.94. The highest BCUT2D eigenvalue weighted by Crippen LogP contribution is 2.27. The van der Waals surface area contributed by atoms with Gasteiger partial charge < -0.3 is 18.8 Å². The van der Waals surface area contributed by atoms with Crippen molar-refractivity contribution >= 4 is 22.6 Å². The third-order valence-corrected chi connectivity index (χ3v) is 3.75. The van der Waals surface area contributed by atoms with E-state index in [9.17, 15) is 0 Å². The molecule has 0 radical (unpaired) electrons. The number of alkyl halides is 1. The molecule has 21 heavy (non-hydrogen) atoms. The lowest BCUT2D eigenvalue weighted by molar-refractivity contribution is -0.0934. The summed E-state index contributed by atoms with van der Waals surface area (Å²) >= 11 is 6.05. The summed E-state index contributed by atoms with van der Waals surface area (Å²) in [5.41, 5.74) is 1.87. The Morgan fingerprint density at radius 2 is 2.33 bits per heavy atom. The smallest absolute Gasteiger partial charge is 0.147 e. The van der Waals surface area contributed by atoms with Crippen LogP contribution in [0, 0.1) is 0 Å². The molecule has 1 aliphatic heterocycles. The summed E-state index contributed by atoms with van der Waals surface area (Å²) in [7, 11) is 0. The molecule has 1 unspecified atom stereocenters. The number of para-hydroxylation sites is 1. The van der Waals surface area contributed by atoms with E-state index in [0.29, 0.717) is 38.9 Å². The largest absolute Gasteiger partial charge is 0.492 e. The van der Waals surface area contributed by atoms with Crippen LogP contribution >= 0.6 is 11.6 Å². The maximum absolute atomic E-state index is 6.05. The van der Waals surface area contributed by atoms with Crippen molar-refractivity contribution in [2.45, 2.75) is 25.5 Å². The molecule has 0 N–H and O–H groups in total. The van der Waals surface area contributed by atoms with E-state index >= 15 is 0 Å². The number of nitrogens with zero attached hydrogens (tertiary/aromatic N) is 2. The van der Waals surface area contributed by atoms with Gasteiger partial charge in [0.25, 0.3) is 0 Å². The highest BCUT2D eigenvalue weighted by atomic mass is 35.5. The van der Waals surface area contributed by atoms with Gasteiger partial charge in [-0.2, -0.15) is 0 Å². The number of hydrogen-bond donors (Lipinski definition) is 0.